The molecule has 6 N–H and O–H groups in total. The number of aliphatic carboxylic acids is 5. The summed E-state index contributed by atoms with van der Waals surface area (Å²) in [5.41, 5.74) is 2.19. The Morgan fingerprint density at radius 1 is 0.588 bits per heavy atom. The first-order valence-electron chi connectivity index (χ1n) is 24.4. The molecule has 0 aromatic rings. The van der Waals surface area contributed by atoms with Crippen LogP contribution >= 0.6 is 0 Å². The molecule has 388 valence electrons. The van der Waals surface area contributed by atoms with Gasteiger partial charge in [0.1, 0.15) is 11.9 Å². The number of carbonyl (C=O) groups excluding carboxylic acids is 3. The van der Waals surface area contributed by atoms with E-state index < -0.39 is 103 Å². The molecule has 0 saturated carbocycles. The molecule has 0 radical (unpaired) electrons. The van der Waals surface area contributed by atoms with Crippen LogP contribution in [0.2, 0.25) is 0 Å². The maximum absolute atomic E-state index is 13.1. The lowest BCUT2D eigenvalue weighted by molar-refractivity contribution is -0.160. The number of Topliss-reactive ketones (excluding diaryl/α,β-unsaturated/α-hetero) is 1. The van der Waals surface area contributed by atoms with Crippen molar-refractivity contribution in [3.05, 3.63) is 35.5 Å². The maximum Gasteiger partial charge on any atom is 0.307 e. The van der Waals surface area contributed by atoms with Gasteiger partial charge >= 0.3 is 41.8 Å². The summed E-state index contributed by atoms with van der Waals surface area (Å²) in [6.07, 6.45) is 12.1. The van der Waals surface area contributed by atoms with Crippen molar-refractivity contribution >= 4 is 47.6 Å². The second-order valence-corrected chi connectivity index (χ2v) is 19.5. The second-order valence-electron chi connectivity index (χ2n) is 19.5. The lowest BCUT2D eigenvalue weighted by Crippen LogP contribution is -2.31. The SMILES string of the molecule is CCC(CC(C)C(=O)O)C(=O)CC/C(C)=C/C(C)C/C(C)=C/C(C)C(O)C(C)CCC(CCCC/C=C/C(C)CCC(C)OC(=O)CC(CC(=O)O)C(=O)O)OC(=O)CC(C(=O)O)C(C)C(=O)O. The summed E-state index contributed by atoms with van der Waals surface area (Å²) in [4.78, 5) is 94.9. The van der Waals surface area contributed by atoms with Crippen molar-refractivity contribution in [3.8, 4) is 0 Å². The van der Waals surface area contributed by atoms with Crippen molar-refractivity contribution in [1.82, 2.24) is 0 Å². The summed E-state index contributed by atoms with van der Waals surface area (Å²) in [5.74, 6) is -12.8. The van der Waals surface area contributed by atoms with E-state index in [0.29, 0.717) is 70.6 Å². The number of rotatable bonds is 38. The van der Waals surface area contributed by atoms with Gasteiger partial charge in [0.15, 0.2) is 0 Å². The van der Waals surface area contributed by atoms with Crippen LogP contribution in [0, 0.1) is 53.3 Å². The van der Waals surface area contributed by atoms with Gasteiger partial charge in [-0.3, -0.25) is 38.4 Å². The zero-order valence-electron chi connectivity index (χ0n) is 42.3. The number of unbranched alkanes of at least 4 members (excludes halogenated alkanes) is 2. The molecular formula is C52H84O16. The van der Waals surface area contributed by atoms with E-state index in [1.54, 1.807) is 13.8 Å². The van der Waals surface area contributed by atoms with Crippen molar-refractivity contribution in [3.63, 3.8) is 0 Å². The predicted molar refractivity (Wildman–Crippen MR) is 256 cm³/mol. The lowest BCUT2D eigenvalue weighted by Gasteiger charge is -2.26. The van der Waals surface area contributed by atoms with Crippen molar-refractivity contribution in [2.75, 3.05) is 0 Å². The van der Waals surface area contributed by atoms with E-state index in [1.807, 2.05) is 53.7 Å². The quantitative estimate of drug-likeness (QED) is 0.0191. The highest BCUT2D eigenvalue weighted by Gasteiger charge is 2.34. The molecule has 0 spiro atoms. The lowest BCUT2D eigenvalue weighted by atomic mass is 9.86. The highest BCUT2D eigenvalue weighted by Crippen LogP contribution is 2.27. The third kappa shape index (κ3) is 27.8. The Morgan fingerprint density at radius 3 is 1.78 bits per heavy atom. The Kier molecular flexibility index (Phi) is 31.2. The molecule has 0 amide bonds. The van der Waals surface area contributed by atoms with E-state index in [0.717, 1.165) is 24.0 Å². The number of esters is 2. The highest BCUT2D eigenvalue weighted by atomic mass is 16.5. The summed E-state index contributed by atoms with van der Waals surface area (Å²) in [6, 6.07) is 0. The molecule has 0 heterocycles. The van der Waals surface area contributed by atoms with Gasteiger partial charge in [-0.15, -0.1) is 0 Å². The third-order valence-electron chi connectivity index (χ3n) is 12.8. The van der Waals surface area contributed by atoms with Crippen LogP contribution in [0.5, 0.6) is 0 Å². The maximum atomic E-state index is 13.1. The molecule has 0 aliphatic carbocycles. The van der Waals surface area contributed by atoms with Crippen molar-refractivity contribution in [1.29, 1.82) is 0 Å². The van der Waals surface area contributed by atoms with Crippen LogP contribution in [0.3, 0.4) is 0 Å². The number of allylic oxidation sites excluding steroid dienone is 5. The molecular weight excluding hydrogens is 881 g/mol. The van der Waals surface area contributed by atoms with E-state index in [4.69, 9.17) is 14.6 Å². The van der Waals surface area contributed by atoms with Crippen LogP contribution in [0.4, 0.5) is 0 Å². The normalized spacial score (nSPS) is 17.6. The number of aliphatic hydroxyl groups is 1. The molecule has 0 aromatic carbocycles. The van der Waals surface area contributed by atoms with Crippen molar-refractivity contribution < 1.29 is 78.5 Å². The molecule has 0 aromatic heterocycles. The molecule has 0 fully saturated rings. The van der Waals surface area contributed by atoms with Gasteiger partial charge in [-0.1, -0.05) is 83.9 Å². The number of aliphatic hydroxyl groups excluding tert-OH is 1. The first kappa shape index (κ1) is 63.1. The first-order chi connectivity index (χ1) is 31.7. The zero-order valence-corrected chi connectivity index (χ0v) is 42.3. The van der Waals surface area contributed by atoms with Crippen LogP contribution in [-0.2, 0) is 47.8 Å². The number of ether oxygens (including phenoxy) is 2. The molecule has 12 atom stereocenters. The standard InChI is InChI=1S/C52H84O16/c1-11-40(27-37(8)49(59)60)44(53)23-19-32(3)24-33(4)25-34(5)26-36(7)48(58)35(6)20-22-42(68-47(57)30-43(52(65)66)39(10)50(61)62)17-15-13-12-14-16-31(2)18-21-38(9)67-46(56)29-41(51(63)64)28-45(54)55/h14,16,24,26,31,33,35-43,48,58H,11-13,15,17-23,25,27-30H2,1-10H3,(H,54,55)(H,59,60)(H,61,62)(H,63,64)(H,65,66)/b16-14+,32-24+,34-26+. The molecule has 0 aliphatic rings. The van der Waals surface area contributed by atoms with Crippen LogP contribution in [0.15, 0.2) is 35.5 Å². The average molecular weight is 965 g/mol. The van der Waals surface area contributed by atoms with Crippen molar-refractivity contribution in [2.24, 2.45) is 53.3 Å². The second kappa shape index (κ2) is 33.6. The summed E-state index contributed by atoms with van der Waals surface area (Å²) >= 11 is 0. The monoisotopic (exact) mass is 965 g/mol. The van der Waals surface area contributed by atoms with Gasteiger partial charge in [0.25, 0.3) is 0 Å². The highest BCUT2D eigenvalue weighted by molar-refractivity contribution is 5.85. The molecule has 12 unspecified atom stereocenters. The smallest absolute Gasteiger partial charge is 0.307 e. The van der Waals surface area contributed by atoms with Gasteiger partial charge < -0.3 is 40.1 Å². The van der Waals surface area contributed by atoms with Gasteiger partial charge in [-0.25, -0.2) is 0 Å². The Morgan fingerprint density at radius 2 is 1.22 bits per heavy atom. The largest absolute Gasteiger partial charge is 0.481 e. The Bertz CT molecular complexity index is 1710. The predicted octanol–water partition coefficient (Wildman–Crippen LogP) is 9.56. The number of carboxylic acids is 5. The number of ketones is 1. The molecule has 0 saturated heterocycles. The van der Waals surface area contributed by atoms with Crippen molar-refractivity contribution in [2.45, 2.75) is 190 Å². The van der Waals surface area contributed by atoms with Gasteiger partial charge in [0.05, 0.1) is 55.1 Å². The first-order valence-corrected chi connectivity index (χ1v) is 24.4. The van der Waals surface area contributed by atoms with Crippen LogP contribution in [-0.4, -0.2) is 96.5 Å². The minimum absolute atomic E-state index is 0.0890. The van der Waals surface area contributed by atoms with E-state index in [2.05, 4.69) is 19.1 Å². The fourth-order valence-electron chi connectivity index (χ4n) is 8.34. The Hall–Kier alpha value is -4.86. The molecule has 16 heteroatoms. The summed E-state index contributed by atoms with van der Waals surface area (Å²) in [5, 5.41) is 57.7. The third-order valence-corrected chi connectivity index (χ3v) is 12.8. The van der Waals surface area contributed by atoms with Gasteiger partial charge in [0, 0.05) is 18.3 Å². The molecule has 16 nitrogen and oxygen atoms in total. The number of carboxylic acid groups (broad SMARTS) is 5. The number of carbonyl (C=O) groups is 8. The van der Waals surface area contributed by atoms with Crippen LogP contribution in [0.25, 0.3) is 0 Å². The molecule has 0 rings (SSSR count). The topological polar surface area (TPSA) is 276 Å². The number of hydrogen-bond donors (Lipinski definition) is 6. The Balaban J connectivity index is 5.43. The van der Waals surface area contributed by atoms with E-state index in [1.165, 1.54) is 6.92 Å². The van der Waals surface area contributed by atoms with E-state index in [-0.39, 0.29) is 35.4 Å². The molecule has 68 heavy (non-hydrogen) atoms. The number of hydrogen-bond acceptors (Lipinski definition) is 11. The molecule has 0 bridgehead atoms. The Labute approximate surface area is 404 Å². The summed E-state index contributed by atoms with van der Waals surface area (Å²) < 4.78 is 11.1. The van der Waals surface area contributed by atoms with E-state index in [9.17, 15) is 63.9 Å². The van der Waals surface area contributed by atoms with E-state index >= 15 is 0 Å². The summed E-state index contributed by atoms with van der Waals surface area (Å²) in [6.45, 7) is 18.4. The summed E-state index contributed by atoms with van der Waals surface area (Å²) in [7, 11) is 0. The fraction of sp³-hybridized carbons (Fsp3) is 0.731. The van der Waals surface area contributed by atoms with Crippen LogP contribution in [0.1, 0.15) is 172 Å². The minimum atomic E-state index is -1.46. The van der Waals surface area contributed by atoms with Gasteiger partial charge in [-0.05, 0) is 116 Å². The fourth-order valence-corrected chi connectivity index (χ4v) is 8.34. The average Bonchev–Trinajstić information content (AvgIpc) is 3.24. The zero-order chi connectivity index (χ0) is 52.3. The minimum Gasteiger partial charge on any atom is -0.481 e. The van der Waals surface area contributed by atoms with Crippen LogP contribution < -0.4 is 0 Å². The van der Waals surface area contributed by atoms with Gasteiger partial charge in [0.2, 0.25) is 0 Å². The van der Waals surface area contributed by atoms with Gasteiger partial charge in [-0.2, -0.15) is 0 Å². The molecule has 0 aliphatic heterocycles.